The summed E-state index contributed by atoms with van der Waals surface area (Å²) in [5, 5.41) is 4.84. The highest BCUT2D eigenvalue weighted by Crippen LogP contribution is 2.42. The van der Waals surface area contributed by atoms with Gasteiger partial charge in [-0.1, -0.05) is 24.1 Å². The van der Waals surface area contributed by atoms with Crippen LogP contribution in [0.4, 0.5) is 0 Å². The third kappa shape index (κ3) is 5.49. The Labute approximate surface area is 250 Å². The normalized spacial score (nSPS) is 19.1. The number of nitrogens with zero attached hydrogens (tertiary/aromatic N) is 3. The number of pyridine rings is 2. The summed E-state index contributed by atoms with van der Waals surface area (Å²) in [4.78, 5) is 28.9. The molecule has 1 unspecified atom stereocenters. The molecule has 1 amide bonds. The predicted molar refractivity (Wildman–Crippen MR) is 171 cm³/mol. The van der Waals surface area contributed by atoms with E-state index in [1.807, 2.05) is 18.6 Å². The van der Waals surface area contributed by atoms with Crippen molar-refractivity contribution in [1.29, 1.82) is 0 Å². The fraction of sp³-hybridized carbons (Fsp3) is 0.472. The first-order valence-corrected chi connectivity index (χ1v) is 15.8. The molecule has 42 heavy (non-hydrogen) atoms. The first-order chi connectivity index (χ1) is 20.2. The van der Waals surface area contributed by atoms with Crippen LogP contribution in [0.1, 0.15) is 86.6 Å². The molecule has 2 fully saturated rings. The standard InChI is InChI=1S/C36H45N5O/c1-23-17-24(2)19-27(18-23)33-32(25(3)21-38-14-6-7-26-12-15-37-16-13-26)31-20-28(22-39-34(31)40-33)36(4,5)35(42)41-29-8-9-30(41)11-10-29/h12-13,15-20,22,25,29-30,38H,6-11,14,21H2,1-5H3,(H,39,40). The Morgan fingerprint density at radius 2 is 1.71 bits per heavy atom. The van der Waals surface area contributed by atoms with E-state index in [9.17, 15) is 4.79 Å². The Bertz CT molecular complexity index is 1530. The quantitative estimate of drug-likeness (QED) is 0.204. The largest absolute Gasteiger partial charge is 0.339 e. The number of aromatic amines is 1. The van der Waals surface area contributed by atoms with Crippen LogP contribution in [-0.4, -0.2) is 50.9 Å². The van der Waals surface area contributed by atoms with Gasteiger partial charge in [-0.05, 0) is 131 Å². The van der Waals surface area contributed by atoms with Gasteiger partial charge in [0, 0.05) is 42.6 Å². The van der Waals surface area contributed by atoms with Crippen molar-refractivity contribution >= 4 is 16.9 Å². The van der Waals surface area contributed by atoms with Crippen LogP contribution in [0.5, 0.6) is 0 Å². The number of benzene rings is 1. The minimum absolute atomic E-state index is 0.251. The molecule has 6 heteroatoms. The van der Waals surface area contributed by atoms with Gasteiger partial charge in [-0.15, -0.1) is 0 Å². The van der Waals surface area contributed by atoms with Gasteiger partial charge in [-0.2, -0.15) is 0 Å². The lowest BCUT2D eigenvalue weighted by atomic mass is 9.82. The van der Waals surface area contributed by atoms with Crippen molar-refractivity contribution in [2.75, 3.05) is 13.1 Å². The van der Waals surface area contributed by atoms with E-state index < -0.39 is 5.41 Å². The van der Waals surface area contributed by atoms with Crippen molar-refractivity contribution in [3.63, 3.8) is 0 Å². The van der Waals surface area contributed by atoms with E-state index in [1.165, 1.54) is 27.8 Å². The maximum absolute atomic E-state index is 14.0. The molecule has 1 atom stereocenters. The molecule has 4 aromatic rings. The first-order valence-electron chi connectivity index (χ1n) is 15.8. The average Bonchev–Trinajstić information content (AvgIpc) is 3.69. The topological polar surface area (TPSA) is 73.9 Å². The van der Waals surface area contributed by atoms with Gasteiger partial charge in [0.1, 0.15) is 5.65 Å². The summed E-state index contributed by atoms with van der Waals surface area (Å²) in [6.07, 6.45) is 12.4. The van der Waals surface area contributed by atoms with Crippen molar-refractivity contribution in [1.82, 2.24) is 25.2 Å². The molecule has 2 bridgehead atoms. The van der Waals surface area contributed by atoms with E-state index in [1.54, 1.807) is 0 Å². The van der Waals surface area contributed by atoms with Gasteiger partial charge in [-0.25, -0.2) is 4.98 Å². The zero-order valence-corrected chi connectivity index (χ0v) is 25.8. The summed E-state index contributed by atoms with van der Waals surface area (Å²) < 4.78 is 0. The van der Waals surface area contributed by atoms with Gasteiger partial charge in [0.2, 0.25) is 5.91 Å². The second-order valence-corrected chi connectivity index (χ2v) is 13.3. The minimum atomic E-state index is -0.630. The highest BCUT2D eigenvalue weighted by atomic mass is 16.2. The number of carbonyl (C=O) groups is 1. The Morgan fingerprint density at radius 1 is 1.05 bits per heavy atom. The number of aryl methyl sites for hydroxylation is 3. The molecule has 220 valence electrons. The third-order valence-corrected chi connectivity index (χ3v) is 9.66. The van der Waals surface area contributed by atoms with Crippen LogP contribution in [0.25, 0.3) is 22.3 Å². The lowest BCUT2D eigenvalue weighted by Gasteiger charge is -2.32. The molecule has 6 nitrogen and oxygen atoms in total. The van der Waals surface area contributed by atoms with Crippen molar-refractivity contribution in [3.8, 4) is 11.3 Å². The molecule has 1 aromatic carbocycles. The molecular weight excluding hydrogens is 518 g/mol. The maximum Gasteiger partial charge on any atom is 0.233 e. The predicted octanol–water partition coefficient (Wildman–Crippen LogP) is 7.00. The molecule has 3 aromatic heterocycles. The molecular formula is C36H45N5O. The van der Waals surface area contributed by atoms with Gasteiger partial charge >= 0.3 is 0 Å². The second kappa shape index (κ2) is 11.6. The fourth-order valence-corrected chi connectivity index (χ4v) is 7.37. The molecule has 0 radical (unpaired) electrons. The molecule has 5 heterocycles. The number of H-pyrrole nitrogens is 1. The smallest absolute Gasteiger partial charge is 0.233 e. The third-order valence-electron chi connectivity index (χ3n) is 9.66. The van der Waals surface area contributed by atoms with Crippen LogP contribution in [0, 0.1) is 13.8 Å². The number of fused-ring (bicyclic) bond motifs is 3. The summed E-state index contributed by atoms with van der Waals surface area (Å²) in [6, 6.07) is 14.0. The van der Waals surface area contributed by atoms with E-state index in [0.717, 1.165) is 73.9 Å². The first kappa shape index (κ1) is 28.6. The second-order valence-electron chi connectivity index (χ2n) is 13.3. The molecule has 6 rings (SSSR count). The van der Waals surface area contributed by atoms with Crippen molar-refractivity contribution in [2.45, 2.75) is 96.6 Å². The zero-order valence-electron chi connectivity index (χ0n) is 25.8. The Morgan fingerprint density at radius 3 is 2.38 bits per heavy atom. The maximum atomic E-state index is 14.0. The van der Waals surface area contributed by atoms with Crippen molar-refractivity contribution in [2.24, 2.45) is 0 Å². The number of carbonyl (C=O) groups excluding carboxylic acids is 1. The number of hydrogen-bond acceptors (Lipinski definition) is 4. The summed E-state index contributed by atoms with van der Waals surface area (Å²) in [5.41, 5.74) is 8.67. The van der Waals surface area contributed by atoms with Crippen LogP contribution >= 0.6 is 0 Å². The number of amides is 1. The molecule has 0 saturated carbocycles. The van der Waals surface area contributed by atoms with Crippen molar-refractivity contribution < 1.29 is 4.79 Å². The molecule has 2 aliphatic rings. The van der Waals surface area contributed by atoms with Gasteiger partial charge in [0.15, 0.2) is 0 Å². The number of hydrogen-bond donors (Lipinski definition) is 2. The van der Waals surface area contributed by atoms with Gasteiger partial charge in [0.25, 0.3) is 0 Å². The molecule has 0 spiro atoms. The van der Waals surface area contributed by atoms with E-state index in [2.05, 4.69) is 91.2 Å². The fourth-order valence-electron chi connectivity index (χ4n) is 7.37. The van der Waals surface area contributed by atoms with Crippen LogP contribution in [-0.2, 0) is 16.6 Å². The number of rotatable bonds is 10. The lowest BCUT2D eigenvalue weighted by molar-refractivity contribution is -0.137. The van der Waals surface area contributed by atoms with Gasteiger partial charge in [-0.3, -0.25) is 9.78 Å². The molecule has 0 aliphatic carbocycles. The molecule has 2 aliphatic heterocycles. The van der Waals surface area contributed by atoms with Crippen LogP contribution in [0.3, 0.4) is 0 Å². The SMILES string of the molecule is Cc1cc(C)cc(-c2[nH]c3ncc(C(C)(C)C(=O)N4C5CCC4CC5)cc3c2C(C)CNCCCc2ccncc2)c1. The Balaban J connectivity index is 1.30. The highest BCUT2D eigenvalue weighted by molar-refractivity contribution is 5.93. The summed E-state index contributed by atoms with van der Waals surface area (Å²) in [5.74, 6) is 0.505. The minimum Gasteiger partial charge on any atom is -0.339 e. The van der Waals surface area contributed by atoms with Crippen LogP contribution in [0.2, 0.25) is 0 Å². The molecule has 2 saturated heterocycles. The average molecular weight is 564 g/mol. The van der Waals surface area contributed by atoms with Crippen molar-refractivity contribution in [3.05, 3.63) is 82.8 Å². The van der Waals surface area contributed by atoms with E-state index in [0.29, 0.717) is 12.1 Å². The lowest BCUT2D eigenvalue weighted by Crippen LogP contribution is -2.46. The summed E-state index contributed by atoms with van der Waals surface area (Å²) in [6.45, 7) is 12.6. The number of aromatic nitrogens is 3. The zero-order chi connectivity index (χ0) is 29.4. The highest BCUT2D eigenvalue weighted by Gasteiger charge is 2.47. The van der Waals surface area contributed by atoms with Crippen LogP contribution in [0.15, 0.2) is 55.0 Å². The summed E-state index contributed by atoms with van der Waals surface area (Å²) >= 11 is 0. The molecule has 2 N–H and O–H groups in total. The van der Waals surface area contributed by atoms with E-state index in [4.69, 9.17) is 4.98 Å². The van der Waals surface area contributed by atoms with Gasteiger partial charge in [0.05, 0.1) is 11.1 Å². The number of nitrogens with one attached hydrogen (secondary N) is 2. The van der Waals surface area contributed by atoms with Crippen LogP contribution < -0.4 is 5.32 Å². The van der Waals surface area contributed by atoms with E-state index >= 15 is 0 Å². The van der Waals surface area contributed by atoms with Gasteiger partial charge < -0.3 is 15.2 Å². The Kier molecular flexibility index (Phi) is 7.93. The monoisotopic (exact) mass is 563 g/mol. The summed E-state index contributed by atoms with van der Waals surface area (Å²) in [7, 11) is 0. The Hall–Kier alpha value is -3.51. The van der Waals surface area contributed by atoms with E-state index in [-0.39, 0.29) is 11.8 Å².